The number of aromatic nitrogens is 4. The molecule has 0 radical (unpaired) electrons. The van der Waals surface area contributed by atoms with E-state index < -0.39 is 0 Å². The molecule has 0 spiro atoms. The Morgan fingerprint density at radius 3 is 2.79 bits per heavy atom. The number of ether oxygens (including phenoxy) is 2. The predicted molar refractivity (Wildman–Crippen MR) is 131 cm³/mol. The standard InChI is InChI=1S/C25H28N6O3/c1-19(32)28-24-10-9-20(17-27-24)22-8-4-6-12-31(22)23-18-30(13-14-34-16-15-33-2)29-25(23)21-7-3-5-11-26-21/h3-11,17-18H,12-16H2,1-2H3,(H,27,28,32). The third kappa shape index (κ3) is 5.75. The first-order valence-electron chi connectivity index (χ1n) is 11.1. The van der Waals surface area contributed by atoms with Gasteiger partial charge < -0.3 is 19.7 Å². The largest absolute Gasteiger partial charge is 0.382 e. The van der Waals surface area contributed by atoms with Gasteiger partial charge in [0.05, 0.1) is 43.4 Å². The van der Waals surface area contributed by atoms with Gasteiger partial charge >= 0.3 is 0 Å². The first-order valence-corrected chi connectivity index (χ1v) is 11.1. The van der Waals surface area contributed by atoms with Crippen molar-refractivity contribution in [2.45, 2.75) is 13.5 Å². The van der Waals surface area contributed by atoms with Crippen LogP contribution in [0, 0.1) is 0 Å². The van der Waals surface area contributed by atoms with Crippen LogP contribution in [0.25, 0.3) is 17.1 Å². The number of nitrogens with zero attached hydrogens (tertiary/aromatic N) is 5. The van der Waals surface area contributed by atoms with Crippen LogP contribution in [0.5, 0.6) is 0 Å². The van der Waals surface area contributed by atoms with Crippen molar-refractivity contribution in [1.82, 2.24) is 19.7 Å². The van der Waals surface area contributed by atoms with Crippen molar-refractivity contribution >= 4 is 23.1 Å². The lowest BCUT2D eigenvalue weighted by molar-refractivity contribution is -0.114. The number of amides is 1. The van der Waals surface area contributed by atoms with Crippen LogP contribution in [0.2, 0.25) is 0 Å². The molecule has 34 heavy (non-hydrogen) atoms. The minimum Gasteiger partial charge on any atom is -0.382 e. The molecule has 0 fully saturated rings. The second-order valence-electron chi connectivity index (χ2n) is 7.65. The third-order valence-corrected chi connectivity index (χ3v) is 5.17. The number of anilines is 2. The highest BCUT2D eigenvalue weighted by Crippen LogP contribution is 2.35. The van der Waals surface area contributed by atoms with Gasteiger partial charge in [-0.1, -0.05) is 18.2 Å². The van der Waals surface area contributed by atoms with Crippen LogP contribution >= 0.6 is 0 Å². The zero-order chi connectivity index (χ0) is 23.8. The minimum atomic E-state index is -0.152. The fourth-order valence-corrected chi connectivity index (χ4v) is 3.60. The average Bonchev–Trinajstić information content (AvgIpc) is 3.29. The number of pyridine rings is 2. The first-order chi connectivity index (χ1) is 16.7. The van der Waals surface area contributed by atoms with Gasteiger partial charge in [-0.15, -0.1) is 0 Å². The van der Waals surface area contributed by atoms with Crippen LogP contribution in [-0.4, -0.2) is 59.1 Å². The Morgan fingerprint density at radius 2 is 2.06 bits per heavy atom. The number of carbonyl (C=O) groups excluding carboxylic acids is 1. The summed E-state index contributed by atoms with van der Waals surface area (Å²) < 4.78 is 12.6. The molecule has 0 aromatic carbocycles. The highest BCUT2D eigenvalue weighted by molar-refractivity contribution is 5.89. The second-order valence-corrected chi connectivity index (χ2v) is 7.65. The molecule has 0 unspecified atom stereocenters. The van der Waals surface area contributed by atoms with E-state index in [2.05, 4.69) is 26.3 Å². The van der Waals surface area contributed by atoms with Crippen LogP contribution in [0.3, 0.4) is 0 Å². The van der Waals surface area contributed by atoms with E-state index in [4.69, 9.17) is 14.6 Å². The second kappa shape index (κ2) is 11.4. The molecule has 0 aliphatic carbocycles. The number of hydrogen-bond donors (Lipinski definition) is 1. The number of allylic oxidation sites excluding steroid dienone is 2. The fourth-order valence-electron chi connectivity index (χ4n) is 3.60. The highest BCUT2D eigenvalue weighted by Gasteiger charge is 2.23. The molecule has 0 saturated heterocycles. The zero-order valence-electron chi connectivity index (χ0n) is 19.3. The molecule has 0 atom stereocenters. The summed E-state index contributed by atoms with van der Waals surface area (Å²) in [4.78, 5) is 22.4. The molecular formula is C25H28N6O3. The van der Waals surface area contributed by atoms with Gasteiger partial charge in [-0.2, -0.15) is 5.10 Å². The lowest BCUT2D eigenvalue weighted by Crippen LogP contribution is -2.24. The van der Waals surface area contributed by atoms with Crippen LogP contribution in [-0.2, 0) is 20.8 Å². The Balaban J connectivity index is 1.63. The smallest absolute Gasteiger partial charge is 0.222 e. The molecule has 1 amide bonds. The van der Waals surface area contributed by atoms with E-state index >= 15 is 0 Å². The Bertz CT molecular complexity index is 1160. The molecule has 3 aromatic rings. The van der Waals surface area contributed by atoms with E-state index in [0.29, 0.717) is 38.7 Å². The van der Waals surface area contributed by atoms with Crippen molar-refractivity contribution in [3.63, 3.8) is 0 Å². The molecule has 9 nitrogen and oxygen atoms in total. The summed E-state index contributed by atoms with van der Waals surface area (Å²) in [5.74, 6) is 0.366. The molecule has 9 heteroatoms. The third-order valence-electron chi connectivity index (χ3n) is 5.17. The van der Waals surface area contributed by atoms with Gasteiger partial charge in [0, 0.05) is 44.7 Å². The quantitative estimate of drug-likeness (QED) is 0.464. The molecule has 0 bridgehead atoms. The van der Waals surface area contributed by atoms with Crippen LogP contribution in [0.15, 0.2) is 67.2 Å². The summed E-state index contributed by atoms with van der Waals surface area (Å²) in [6.45, 7) is 4.39. The van der Waals surface area contributed by atoms with Gasteiger partial charge in [0.15, 0.2) is 0 Å². The molecule has 3 aromatic heterocycles. The maximum absolute atomic E-state index is 11.3. The normalized spacial score (nSPS) is 13.1. The zero-order valence-corrected chi connectivity index (χ0v) is 19.3. The van der Waals surface area contributed by atoms with Gasteiger partial charge in [0.25, 0.3) is 0 Å². The van der Waals surface area contributed by atoms with Crippen molar-refractivity contribution in [1.29, 1.82) is 0 Å². The van der Waals surface area contributed by atoms with E-state index in [0.717, 1.165) is 28.3 Å². The maximum Gasteiger partial charge on any atom is 0.222 e. The lowest BCUT2D eigenvalue weighted by atomic mass is 10.1. The number of hydrogen-bond acceptors (Lipinski definition) is 7. The van der Waals surface area contributed by atoms with E-state index in [9.17, 15) is 4.79 Å². The topological polar surface area (TPSA) is 94.4 Å². The molecule has 1 N–H and O–H groups in total. The van der Waals surface area contributed by atoms with Gasteiger partial charge in [-0.3, -0.25) is 14.5 Å². The van der Waals surface area contributed by atoms with Crippen LogP contribution in [0.4, 0.5) is 11.5 Å². The SMILES string of the molecule is COCCOCCn1cc(N2CC=CC=C2c2ccc(NC(C)=O)nc2)c(-c2ccccn2)n1. The van der Waals surface area contributed by atoms with Crippen molar-refractivity contribution in [2.75, 3.05) is 43.7 Å². The Morgan fingerprint density at radius 1 is 1.15 bits per heavy atom. The Labute approximate surface area is 198 Å². The summed E-state index contributed by atoms with van der Waals surface area (Å²) in [6, 6.07) is 9.55. The molecule has 176 valence electrons. The highest BCUT2D eigenvalue weighted by atomic mass is 16.5. The fraction of sp³-hybridized carbons (Fsp3) is 0.280. The first kappa shape index (κ1) is 23.3. The van der Waals surface area contributed by atoms with Crippen molar-refractivity contribution in [2.24, 2.45) is 0 Å². The van der Waals surface area contributed by atoms with Gasteiger partial charge in [0.2, 0.25) is 5.91 Å². The summed E-state index contributed by atoms with van der Waals surface area (Å²) in [6.07, 6.45) is 11.7. The lowest BCUT2D eigenvalue weighted by Gasteiger charge is -2.28. The summed E-state index contributed by atoms with van der Waals surface area (Å²) in [5, 5.41) is 7.54. The summed E-state index contributed by atoms with van der Waals surface area (Å²) in [5.41, 5.74) is 4.45. The minimum absolute atomic E-state index is 0.152. The Hall–Kier alpha value is -3.82. The summed E-state index contributed by atoms with van der Waals surface area (Å²) >= 11 is 0. The van der Waals surface area contributed by atoms with E-state index in [1.807, 2.05) is 47.3 Å². The van der Waals surface area contributed by atoms with Gasteiger partial charge in [0.1, 0.15) is 11.5 Å². The van der Waals surface area contributed by atoms with Gasteiger partial charge in [-0.25, -0.2) is 4.98 Å². The maximum atomic E-state index is 11.3. The van der Waals surface area contributed by atoms with Crippen molar-refractivity contribution < 1.29 is 14.3 Å². The molecule has 1 aliphatic heterocycles. The Kier molecular flexibility index (Phi) is 7.79. The number of rotatable bonds is 10. The summed E-state index contributed by atoms with van der Waals surface area (Å²) in [7, 11) is 1.66. The number of carbonyl (C=O) groups is 1. The van der Waals surface area contributed by atoms with E-state index in [1.54, 1.807) is 25.6 Å². The average molecular weight is 461 g/mol. The van der Waals surface area contributed by atoms with E-state index in [-0.39, 0.29) is 5.91 Å². The molecule has 0 saturated carbocycles. The molecule has 4 rings (SSSR count). The molecular weight excluding hydrogens is 432 g/mol. The van der Waals surface area contributed by atoms with Crippen LogP contribution in [0.1, 0.15) is 12.5 Å². The monoisotopic (exact) mass is 460 g/mol. The molecule has 1 aliphatic rings. The molecule has 4 heterocycles. The van der Waals surface area contributed by atoms with Crippen molar-refractivity contribution in [3.8, 4) is 11.4 Å². The van der Waals surface area contributed by atoms with Gasteiger partial charge in [-0.05, 0) is 30.3 Å². The predicted octanol–water partition coefficient (Wildman–Crippen LogP) is 3.38. The number of methoxy groups -OCH3 is 1. The van der Waals surface area contributed by atoms with Crippen LogP contribution < -0.4 is 10.2 Å². The number of nitrogens with one attached hydrogen (secondary N) is 1. The van der Waals surface area contributed by atoms with E-state index in [1.165, 1.54) is 6.92 Å². The van der Waals surface area contributed by atoms with Crippen molar-refractivity contribution in [3.05, 3.63) is 72.7 Å².